The molecule has 0 aliphatic carbocycles. The Balaban J connectivity index is 0.00000145. The van der Waals surface area contributed by atoms with Crippen molar-refractivity contribution in [1.82, 2.24) is 0 Å². The van der Waals surface area contributed by atoms with Gasteiger partial charge < -0.3 is 4.90 Å². The van der Waals surface area contributed by atoms with Crippen molar-refractivity contribution < 1.29 is 4.39 Å². The van der Waals surface area contributed by atoms with Gasteiger partial charge >= 0.3 is 0 Å². The Kier molecular flexibility index (Phi) is 14.2. The first-order valence-electron chi connectivity index (χ1n) is 15.2. The van der Waals surface area contributed by atoms with Crippen molar-refractivity contribution in [2.24, 2.45) is 5.92 Å². The first-order chi connectivity index (χ1) is 17.5. The van der Waals surface area contributed by atoms with Gasteiger partial charge in [0.05, 0.1) is 0 Å². The number of hydrogen-bond acceptors (Lipinski definition) is 1. The van der Waals surface area contributed by atoms with Crippen LogP contribution in [-0.2, 0) is 19.3 Å². The molecule has 1 nitrogen and oxygen atoms in total. The van der Waals surface area contributed by atoms with Gasteiger partial charge in [0, 0.05) is 18.8 Å². The Morgan fingerprint density at radius 1 is 0.889 bits per heavy atom. The number of hydrogen-bond donors (Lipinski definition) is 0. The van der Waals surface area contributed by atoms with Crippen molar-refractivity contribution >= 4 is 5.69 Å². The van der Waals surface area contributed by atoms with E-state index in [1.54, 1.807) is 0 Å². The molecule has 0 N–H and O–H groups in total. The predicted molar refractivity (Wildman–Crippen MR) is 158 cm³/mol. The largest absolute Gasteiger partial charge is 0.371 e. The predicted octanol–water partition coefficient (Wildman–Crippen LogP) is 10.3. The average Bonchev–Trinajstić information content (AvgIpc) is 2.89. The molecular weight excluding hydrogens is 441 g/mol. The number of aryl methyl sites for hydroxylation is 3. The van der Waals surface area contributed by atoms with E-state index in [9.17, 15) is 4.39 Å². The minimum Gasteiger partial charge on any atom is -0.371 e. The van der Waals surface area contributed by atoms with E-state index < -0.39 is 0 Å². The molecule has 0 saturated heterocycles. The summed E-state index contributed by atoms with van der Waals surface area (Å²) in [6.07, 6.45) is 14.1. The van der Waals surface area contributed by atoms with Gasteiger partial charge in [0.15, 0.2) is 0 Å². The van der Waals surface area contributed by atoms with Gasteiger partial charge in [-0.3, -0.25) is 0 Å². The van der Waals surface area contributed by atoms with Crippen LogP contribution in [0.3, 0.4) is 0 Å². The molecular formula is C34H54FN. The number of benzene rings is 2. The van der Waals surface area contributed by atoms with Gasteiger partial charge in [-0.2, -0.15) is 0 Å². The number of unbranched alkanes of at least 4 members (excludes halogenated alkanes) is 2. The Morgan fingerprint density at radius 2 is 1.67 bits per heavy atom. The van der Waals surface area contributed by atoms with E-state index in [0.717, 1.165) is 37.7 Å². The van der Waals surface area contributed by atoms with Crippen molar-refractivity contribution in [3.8, 4) is 0 Å². The summed E-state index contributed by atoms with van der Waals surface area (Å²) in [6.45, 7) is 15.5. The second-order valence-corrected chi connectivity index (χ2v) is 10.8. The second kappa shape index (κ2) is 16.8. The summed E-state index contributed by atoms with van der Waals surface area (Å²) >= 11 is 0. The summed E-state index contributed by atoms with van der Waals surface area (Å²) < 4.78 is 14.6. The fourth-order valence-corrected chi connectivity index (χ4v) is 5.74. The lowest BCUT2D eigenvalue weighted by Gasteiger charge is -2.32. The Bertz CT molecular complexity index is 873. The van der Waals surface area contributed by atoms with Crippen LogP contribution in [0.4, 0.5) is 10.1 Å². The maximum atomic E-state index is 14.6. The van der Waals surface area contributed by atoms with Gasteiger partial charge in [0.1, 0.15) is 5.82 Å². The summed E-state index contributed by atoms with van der Waals surface area (Å²) in [5, 5.41) is 0. The highest BCUT2D eigenvalue weighted by Gasteiger charge is 2.23. The number of rotatable bonds is 13. The molecule has 0 bridgehead atoms. The standard InChI is InChI=1S/C31H46FN.C3H8/c1-5-9-10-20-33-21-11-13-27-17-15-24(22-31(27)33)14-16-25(7-3)29(12-6-2)28-19-18-26(8-4)30(32)23-28;1-3-2/h15,17-19,22-23,25,29H,5-14,16,20-21H2,1-4H3;3H2,1-2H3. The third-order valence-corrected chi connectivity index (χ3v) is 7.78. The van der Waals surface area contributed by atoms with E-state index in [4.69, 9.17) is 0 Å². The molecule has 2 heteroatoms. The lowest BCUT2D eigenvalue weighted by atomic mass is 9.78. The molecule has 2 aromatic carbocycles. The first-order valence-corrected chi connectivity index (χ1v) is 15.2. The maximum Gasteiger partial charge on any atom is 0.126 e. The Labute approximate surface area is 222 Å². The van der Waals surface area contributed by atoms with E-state index in [1.165, 1.54) is 80.4 Å². The maximum absolute atomic E-state index is 14.6. The second-order valence-electron chi connectivity index (χ2n) is 10.8. The fourth-order valence-electron chi connectivity index (χ4n) is 5.74. The Morgan fingerprint density at radius 3 is 2.31 bits per heavy atom. The fraction of sp³-hybridized carbons (Fsp3) is 0.647. The van der Waals surface area contributed by atoms with Crippen LogP contribution in [-0.4, -0.2) is 13.1 Å². The molecule has 3 rings (SSSR count). The number of halogens is 1. The summed E-state index contributed by atoms with van der Waals surface area (Å²) in [4.78, 5) is 2.63. The van der Waals surface area contributed by atoms with Crippen LogP contribution < -0.4 is 4.90 Å². The zero-order valence-electron chi connectivity index (χ0n) is 24.3. The highest BCUT2D eigenvalue weighted by atomic mass is 19.1. The molecule has 0 radical (unpaired) electrons. The molecule has 0 fully saturated rings. The number of nitrogens with zero attached hydrogens (tertiary/aromatic N) is 1. The van der Waals surface area contributed by atoms with Crippen molar-refractivity contribution in [3.63, 3.8) is 0 Å². The van der Waals surface area contributed by atoms with Crippen molar-refractivity contribution in [1.29, 1.82) is 0 Å². The highest BCUT2D eigenvalue weighted by molar-refractivity contribution is 5.57. The third-order valence-electron chi connectivity index (χ3n) is 7.78. The molecule has 2 atom stereocenters. The van der Waals surface area contributed by atoms with Crippen molar-refractivity contribution in [2.45, 2.75) is 125 Å². The van der Waals surface area contributed by atoms with Gasteiger partial charge in [0.2, 0.25) is 0 Å². The van der Waals surface area contributed by atoms with Crippen LogP contribution in [0.5, 0.6) is 0 Å². The molecule has 0 saturated carbocycles. The topological polar surface area (TPSA) is 3.24 Å². The molecule has 0 amide bonds. The number of anilines is 1. The number of fused-ring (bicyclic) bond motifs is 1. The van der Waals surface area contributed by atoms with Gasteiger partial charge in [-0.05, 0) is 91.2 Å². The summed E-state index contributed by atoms with van der Waals surface area (Å²) in [7, 11) is 0. The molecule has 0 spiro atoms. The van der Waals surface area contributed by atoms with Crippen LogP contribution in [0.25, 0.3) is 0 Å². The monoisotopic (exact) mass is 495 g/mol. The van der Waals surface area contributed by atoms with Crippen LogP contribution in [0.2, 0.25) is 0 Å². The molecule has 1 aliphatic rings. The van der Waals surface area contributed by atoms with E-state index in [0.29, 0.717) is 11.8 Å². The van der Waals surface area contributed by atoms with E-state index in [-0.39, 0.29) is 5.82 Å². The quantitative estimate of drug-likeness (QED) is 0.250. The van der Waals surface area contributed by atoms with Crippen molar-refractivity contribution in [2.75, 3.05) is 18.0 Å². The Hall–Kier alpha value is -1.83. The molecule has 1 heterocycles. The molecule has 2 unspecified atom stereocenters. The van der Waals surface area contributed by atoms with Crippen LogP contribution in [0.1, 0.15) is 128 Å². The average molecular weight is 496 g/mol. The van der Waals surface area contributed by atoms with Crippen LogP contribution in [0, 0.1) is 11.7 Å². The summed E-state index contributed by atoms with van der Waals surface area (Å²) in [5.41, 5.74) is 6.53. The molecule has 0 aromatic heterocycles. The minimum atomic E-state index is -0.0243. The van der Waals surface area contributed by atoms with E-state index in [1.807, 2.05) is 19.1 Å². The van der Waals surface area contributed by atoms with Crippen LogP contribution in [0.15, 0.2) is 36.4 Å². The third kappa shape index (κ3) is 8.93. The zero-order chi connectivity index (χ0) is 26.3. The summed E-state index contributed by atoms with van der Waals surface area (Å²) in [5.74, 6) is 1.01. The molecule has 1 aliphatic heterocycles. The molecule has 2 aromatic rings. The first kappa shape index (κ1) is 30.4. The lowest BCUT2D eigenvalue weighted by molar-refractivity contribution is 0.362. The molecule has 202 valence electrons. The van der Waals surface area contributed by atoms with Crippen LogP contribution >= 0.6 is 0 Å². The van der Waals surface area contributed by atoms with Gasteiger partial charge in [-0.25, -0.2) is 4.39 Å². The highest BCUT2D eigenvalue weighted by Crippen LogP contribution is 2.36. The van der Waals surface area contributed by atoms with Gasteiger partial charge in [-0.15, -0.1) is 0 Å². The van der Waals surface area contributed by atoms with E-state index in [2.05, 4.69) is 63.8 Å². The SMILES string of the molecule is CCC.CCCCCN1CCCc2ccc(CCC(CC)C(CCC)c3ccc(CC)c(F)c3)cc21. The normalized spacial score (nSPS) is 14.6. The minimum absolute atomic E-state index is 0.0243. The smallest absolute Gasteiger partial charge is 0.126 e. The van der Waals surface area contributed by atoms with Crippen molar-refractivity contribution in [3.05, 3.63) is 64.5 Å². The van der Waals surface area contributed by atoms with Gasteiger partial charge in [0.25, 0.3) is 0 Å². The van der Waals surface area contributed by atoms with Gasteiger partial charge in [-0.1, -0.05) is 97.9 Å². The zero-order valence-corrected chi connectivity index (χ0v) is 24.3. The summed E-state index contributed by atoms with van der Waals surface area (Å²) in [6, 6.07) is 13.3. The lowest BCUT2D eigenvalue weighted by Crippen LogP contribution is -2.30. The molecule has 36 heavy (non-hydrogen) atoms. The van der Waals surface area contributed by atoms with E-state index >= 15 is 0 Å².